The minimum atomic E-state index is 0.589. The van der Waals surface area contributed by atoms with Crippen molar-refractivity contribution in [2.45, 2.75) is 20.3 Å². The van der Waals surface area contributed by atoms with Gasteiger partial charge >= 0.3 is 0 Å². The summed E-state index contributed by atoms with van der Waals surface area (Å²) in [6.45, 7) is 5.21. The van der Waals surface area contributed by atoms with Crippen molar-refractivity contribution in [1.29, 1.82) is 0 Å². The fraction of sp³-hybridized carbons (Fsp3) is 0.571. The summed E-state index contributed by atoms with van der Waals surface area (Å²) >= 11 is 3.60. The molecule has 0 spiro atoms. The normalized spacial score (nSPS) is 14.8. The molecule has 0 N–H and O–H groups in total. The molecule has 1 rings (SSSR count). The summed E-state index contributed by atoms with van der Waals surface area (Å²) in [5, 5.41) is 1.03. The van der Waals surface area contributed by atoms with Gasteiger partial charge in [-0.15, -0.1) is 0 Å². The molecular weight excluding hydrogens is 264 g/mol. The molecule has 1 aromatic carbocycles. The Hall–Kier alpha value is -0.340. The quantitative estimate of drug-likeness (QED) is 0.722. The first-order chi connectivity index (χ1) is 7.67. The van der Waals surface area contributed by atoms with Crippen LogP contribution in [0.2, 0.25) is 0 Å². The minimum absolute atomic E-state index is 0.589. The molecule has 0 fully saturated rings. The standard InChI is InChI=1S/C14H21BrO/c1-11-4-6-13(7-5-11)8-14(9-15)12(2)10-16-3/h4-7,12,14H,8-10H2,1-3H3. The van der Waals surface area contributed by atoms with Crippen LogP contribution in [0.5, 0.6) is 0 Å². The van der Waals surface area contributed by atoms with E-state index in [4.69, 9.17) is 4.74 Å². The monoisotopic (exact) mass is 284 g/mol. The first kappa shape index (κ1) is 13.7. The summed E-state index contributed by atoms with van der Waals surface area (Å²) in [7, 11) is 1.77. The largest absolute Gasteiger partial charge is 0.384 e. The van der Waals surface area contributed by atoms with Gasteiger partial charge in [0.15, 0.2) is 0 Å². The van der Waals surface area contributed by atoms with Gasteiger partial charge in [-0.3, -0.25) is 0 Å². The van der Waals surface area contributed by atoms with Gasteiger partial charge in [-0.05, 0) is 30.7 Å². The van der Waals surface area contributed by atoms with Gasteiger partial charge in [-0.1, -0.05) is 52.7 Å². The maximum Gasteiger partial charge on any atom is 0.0490 e. The van der Waals surface area contributed by atoms with Crippen LogP contribution in [0.25, 0.3) is 0 Å². The molecule has 2 unspecified atom stereocenters. The van der Waals surface area contributed by atoms with Crippen LogP contribution in [0, 0.1) is 18.8 Å². The van der Waals surface area contributed by atoms with Gasteiger partial charge < -0.3 is 4.74 Å². The molecule has 90 valence electrons. The van der Waals surface area contributed by atoms with Crippen molar-refractivity contribution in [3.63, 3.8) is 0 Å². The highest BCUT2D eigenvalue weighted by Gasteiger charge is 2.16. The Bertz CT molecular complexity index is 294. The zero-order chi connectivity index (χ0) is 12.0. The van der Waals surface area contributed by atoms with Crippen molar-refractivity contribution in [3.8, 4) is 0 Å². The highest BCUT2D eigenvalue weighted by molar-refractivity contribution is 9.09. The lowest BCUT2D eigenvalue weighted by Gasteiger charge is -2.21. The van der Waals surface area contributed by atoms with Crippen molar-refractivity contribution < 1.29 is 4.74 Å². The molecule has 0 radical (unpaired) electrons. The molecule has 0 bridgehead atoms. The predicted octanol–water partition coefficient (Wildman–Crippen LogP) is 3.83. The summed E-state index contributed by atoms with van der Waals surface area (Å²) in [6.07, 6.45) is 1.12. The molecule has 0 aliphatic rings. The number of hydrogen-bond acceptors (Lipinski definition) is 1. The molecule has 2 heteroatoms. The third kappa shape index (κ3) is 4.26. The van der Waals surface area contributed by atoms with Crippen LogP contribution in [0.15, 0.2) is 24.3 Å². The number of aryl methyl sites for hydroxylation is 1. The molecule has 2 atom stereocenters. The molecule has 0 aliphatic carbocycles. The topological polar surface area (TPSA) is 9.23 Å². The first-order valence-corrected chi connectivity index (χ1v) is 6.90. The fourth-order valence-corrected chi connectivity index (χ4v) is 2.70. The lowest BCUT2D eigenvalue weighted by Crippen LogP contribution is -2.20. The van der Waals surface area contributed by atoms with Crippen molar-refractivity contribution >= 4 is 15.9 Å². The highest BCUT2D eigenvalue weighted by Crippen LogP contribution is 2.20. The Kier molecular flexibility index (Phi) is 6.07. The van der Waals surface area contributed by atoms with Gasteiger partial charge in [-0.2, -0.15) is 0 Å². The van der Waals surface area contributed by atoms with Crippen LogP contribution in [0.3, 0.4) is 0 Å². The predicted molar refractivity (Wildman–Crippen MR) is 73.2 cm³/mol. The maximum atomic E-state index is 5.22. The van der Waals surface area contributed by atoms with Crippen LogP contribution in [0.1, 0.15) is 18.1 Å². The summed E-state index contributed by atoms with van der Waals surface area (Å²) < 4.78 is 5.22. The van der Waals surface area contributed by atoms with Gasteiger partial charge in [-0.25, -0.2) is 0 Å². The van der Waals surface area contributed by atoms with Crippen LogP contribution >= 0.6 is 15.9 Å². The van der Waals surface area contributed by atoms with E-state index in [9.17, 15) is 0 Å². The number of ether oxygens (including phenoxy) is 1. The molecule has 1 aromatic rings. The highest BCUT2D eigenvalue weighted by atomic mass is 79.9. The molecule has 16 heavy (non-hydrogen) atoms. The van der Waals surface area contributed by atoms with Gasteiger partial charge in [0.25, 0.3) is 0 Å². The van der Waals surface area contributed by atoms with Crippen LogP contribution in [-0.4, -0.2) is 19.0 Å². The van der Waals surface area contributed by atoms with Crippen LogP contribution < -0.4 is 0 Å². The van der Waals surface area contributed by atoms with E-state index in [2.05, 4.69) is 54.0 Å². The molecule has 0 heterocycles. The third-order valence-corrected chi connectivity index (χ3v) is 3.88. The number of hydrogen-bond donors (Lipinski definition) is 0. The summed E-state index contributed by atoms with van der Waals surface area (Å²) in [5.74, 6) is 1.23. The lowest BCUT2D eigenvalue weighted by molar-refractivity contribution is 0.135. The zero-order valence-corrected chi connectivity index (χ0v) is 12.0. The summed E-state index contributed by atoms with van der Waals surface area (Å²) in [4.78, 5) is 0. The number of alkyl halides is 1. The second kappa shape index (κ2) is 7.08. The average Bonchev–Trinajstić information content (AvgIpc) is 2.28. The molecule has 0 saturated heterocycles. The number of halogens is 1. The lowest BCUT2D eigenvalue weighted by atomic mass is 9.90. The van der Waals surface area contributed by atoms with Gasteiger partial charge in [0.1, 0.15) is 0 Å². The van der Waals surface area contributed by atoms with Gasteiger partial charge in [0.05, 0.1) is 0 Å². The van der Waals surface area contributed by atoms with E-state index >= 15 is 0 Å². The van der Waals surface area contributed by atoms with Crippen molar-refractivity contribution in [2.75, 3.05) is 19.0 Å². The molecule has 0 saturated carbocycles. The smallest absolute Gasteiger partial charge is 0.0490 e. The van der Waals surface area contributed by atoms with E-state index in [1.807, 2.05) is 0 Å². The zero-order valence-electron chi connectivity index (χ0n) is 10.4. The SMILES string of the molecule is COCC(C)C(CBr)Cc1ccc(C)cc1. The van der Waals surface area contributed by atoms with Crippen LogP contribution in [-0.2, 0) is 11.2 Å². The Balaban J connectivity index is 2.59. The van der Waals surface area contributed by atoms with Gasteiger partial charge in [0, 0.05) is 19.0 Å². The number of rotatable bonds is 6. The molecule has 0 aliphatic heterocycles. The molecule has 0 amide bonds. The van der Waals surface area contributed by atoms with Gasteiger partial charge in [0.2, 0.25) is 0 Å². The van der Waals surface area contributed by atoms with E-state index in [0.717, 1.165) is 18.4 Å². The van der Waals surface area contributed by atoms with E-state index in [1.54, 1.807) is 7.11 Å². The van der Waals surface area contributed by atoms with E-state index < -0.39 is 0 Å². The minimum Gasteiger partial charge on any atom is -0.384 e. The van der Waals surface area contributed by atoms with Crippen molar-refractivity contribution in [1.82, 2.24) is 0 Å². The second-order valence-corrected chi connectivity index (χ2v) is 5.18. The summed E-state index contributed by atoms with van der Waals surface area (Å²) in [5.41, 5.74) is 2.74. The molecule has 0 aromatic heterocycles. The van der Waals surface area contributed by atoms with E-state index in [-0.39, 0.29) is 0 Å². The van der Waals surface area contributed by atoms with E-state index in [1.165, 1.54) is 11.1 Å². The Morgan fingerprint density at radius 3 is 2.38 bits per heavy atom. The summed E-state index contributed by atoms with van der Waals surface area (Å²) in [6, 6.07) is 8.82. The molecule has 1 nitrogen and oxygen atoms in total. The Labute approximate surface area is 107 Å². The number of benzene rings is 1. The molecular formula is C14H21BrO. The van der Waals surface area contributed by atoms with Crippen molar-refractivity contribution in [2.24, 2.45) is 11.8 Å². The van der Waals surface area contributed by atoms with Crippen molar-refractivity contribution in [3.05, 3.63) is 35.4 Å². The Morgan fingerprint density at radius 1 is 1.25 bits per heavy atom. The van der Waals surface area contributed by atoms with Crippen LogP contribution in [0.4, 0.5) is 0 Å². The number of methoxy groups -OCH3 is 1. The second-order valence-electron chi connectivity index (χ2n) is 4.54. The first-order valence-electron chi connectivity index (χ1n) is 5.77. The fourth-order valence-electron chi connectivity index (χ4n) is 1.83. The third-order valence-electron chi connectivity index (χ3n) is 3.05. The van der Waals surface area contributed by atoms with E-state index in [0.29, 0.717) is 11.8 Å². The average molecular weight is 285 g/mol. The Morgan fingerprint density at radius 2 is 1.88 bits per heavy atom. The maximum absolute atomic E-state index is 5.22.